The number of rotatable bonds is 7. The number of morpholine rings is 1. The van der Waals surface area contributed by atoms with E-state index < -0.39 is 11.3 Å². The van der Waals surface area contributed by atoms with Crippen molar-refractivity contribution in [3.05, 3.63) is 24.7 Å². The number of carbonyl (C=O) groups is 3. The topological polar surface area (TPSA) is 111 Å². The molecule has 180 valence electrons. The second-order valence-electron chi connectivity index (χ2n) is 9.57. The molecule has 2 heterocycles. The Balaban J connectivity index is 1.22. The molecule has 34 heavy (non-hydrogen) atoms. The molecule has 5 rings (SSSR count). The minimum atomic E-state index is -1.10. The summed E-state index contributed by atoms with van der Waals surface area (Å²) < 4.78 is 11.9. The van der Waals surface area contributed by atoms with Crippen LogP contribution in [0.4, 0.5) is 5.69 Å². The molecule has 2 saturated carbocycles. The maximum atomic E-state index is 12.6. The van der Waals surface area contributed by atoms with Crippen LogP contribution in [0.2, 0.25) is 0 Å². The standard InChI is InChI=1S/C25H30N4O5/c1-16(31)25(14-30)12-21(25)24(32)28-17-2-4-19(5-3-17)34-23-11-18(29-6-8-33-9-7-29)10-22-20(23)13-26-15-27-22/h10-11,13-15,17,19,21H,2-9,12H2,1H3,(H,28,32). The summed E-state index contributed by atoms with van der Waals surface area (Å²) in [7, 11) is 0. The summed E-state index contributed by atoms with van der Waals surface area (Å²) in [5, 5.41) is 3.93. The Kier molecular flexibility index (Phi) is 6.20. The highest BCUT2D eigenvalue weighted by atomic mass is 16.5. The van der Waals surface area contributed by atoms with Crippen LogP contribution in [0.3, 0.4) is 0 Å². The fraction of sp³-hybridized carbons (Fsp3) is 0.560. The van der Waals surface area contributed by atoms with E-state index >= 15 is 0 Å². The summed E-state index contributed by atoms with van der Waals surface area (Å²) in [5.41, 5.74) is 0.821. The molecule has 3 aliphatic rings. The molecule has 1 aliphatic heterocycles. The average Bonchev–Trinajstić information content (AvgIpc) is 3.62. The predicted octanol–water partition coefficient (Wildman–Crippen LogP) is 2.07. The molecule has 0 radical (unpaired) electrons. The summed E-state index contributed by atoms with van der Waals surface area (Å²) in [6.45, 7) is 4.45. The largest absolute Gasteiger partial charge is 0.490 e. The number of hydrogen-bond acceptors (Lipinski definition) is 8. The lowest BCUT2D eigenvalue weighted by Gasteiger charge is -2.31. The van der Waals surface area contributed by atoms with E-state index in [0.717, 1.165) is 61.1 Å². The number of aldehydes is 1. The highest BCUT2D eigenvalue weighted by molar-refractivity contribution is 6.07. The van der Waals surface area contributed by atoms with Gasteiger partial charge in [-0.05, 0) is 45.1 Å². The zero-order chi connectivity index (χ0) is 23.7. The third kappa shape index (κ3) is 4.36. The van der Waals surface area contributed by atoms with Gasteiger partial charge in [0.2, 0.25) is 5.91 Å². The van der Waals surface area contributed by atoms with E-state index in [0.29, 0.717) is 25.9 Å². The van der Waals surface area contributed by atoms with Gasteiger partial charge in [-0.3, -0.25) is 9.59 Å². The first kappa shape index (κ1) is 22.7. The number of amides is 1. The molecule has 2 aromatic rings. The zero-order valence-corrected chi connectivity index (χ0v) is 19.4. The minimum Gasteiger partial charge on any atom is -0.490 e. The SMILES string of the molecule is CC(=O)C1(C=O)CC1C(=O)NC1CCC(Oc2cc(N3CCOCC3)cc3ncncc23)CC1. The number of benzene rings is 1. The van der Waals surface area contributed by atoms with E-state index in [2.05, 4.69) is 32.3 Å². The summed E-state index contributed by atoms with van der Waals surface area (Å²) in [6.07, 6.45) is 7.52. The number of ketones is 1. The molecule has 1 N–H and O–H groups in total. The number of carbonyl (C=O) groups excluding carboxylic acids is 3. The van der Waals surface area contributed by atoms with Gasteiger partial charge < -0.3 is 24.5 Å². The lowest BCUT2D eigenvalue weighted by molar-refractivity contribution is -0.132. The molecule has 3 fully saturated rings. The molecule has 2 atom stereocenters. The van der Waals surface area contributed by atoms with E-state index in [4.69, 9.17) is 9.47 Å². The Morgan fingerprint density at radius 1 is 1.21 bits per heavy atom. The molecule has 1 aromatic heterocycles. The molecule has 9 heteroatoms. The minimum absolute atomic E-state index is 0.0312. The molecule has 1 aromatic carbocycles. The highest BCUT2D eigenvalue weighted by Gasteiger charge is 2.62. The van der Waals surface area contributed by atoms with Crippen LogP contribution in [-0.4, -0.2) is 66.4 Å². The van der Waals surface area contributed by atoms with Gasteiger partial charge in [-0.15, -0.1) is 0 Å². The van der Waals surface area contributed by atoms with Gasteiger partial charge >= 0.3 is 0 Å². The van der Waals surface area contributed by atoms with Crippen LogP contribution in [0.25, 0.3) is 10.9 Å². The molecule has 0 bridgehead atoms. The molecular formula is C25H30N4O5. The van der Waals surface area contributed by atoms with Gasteiger partial charge in [0.1, 0.15) is 24.1 Å². The number of aromatic nitrogens is 2. The van der Waals surface area contributed by atoms with Gasteiger partial charge in [0.25, 0.3) is 0 Å². The van der Waals surface area contributed by atoms with Crippen molar-refractivity contribution < 1.29 is 23.9 Å². The summed E-state index contributed by atoms with van der Waals surface area (Å²) in [5.74, 6) is -0.156. The normalized spacial score (nSPS) is 28.9. The van der Waals surface area contributed by atoms with Gasteiger partial charge in [0.05, 0.1) is 41.6 Å². The fourth-order valence-corrected chi connectivity index (χ4v) is 5.15. The van der Waals surface area contributed by atoms with Crippen LogP contribution < -0.4 is 15.0 Å². The van der Waals surface area contributed by atoms with E-state index in [1.54, 1.807) is 12.5 Å². The van der Waals surface area contributed by atoms with E-state index in [-0.39, 0.29) is 23.8 Å². The number of Topliss-reactive ketones (excluding diaryl/α,β-unsaturated/α-hetero) is 1. The number of nitrogens with one attached hydrogen (secondary N) is 1. The van der Waals surface area contributed by atoms with Gasteiger partial charge in [0.15, 0.2) is 0 Å². The van der Waals surface area contributed by atoms with E-state index in [1.807, 2.05) is 0 Å². The lowest BCUT2D eigenvalue weighted by atomic mass is 9.92. The van der Waals surface area contributed by atoms with Gasteiger partial charge in [-0.1, -0.05) is 0 Å². The Hall–Kier alpha value is -3.07. The van der Waals surface area contributed by atoms with Crippen LogP contribution >= 0.6 is 0 Å². The first-order valence-corrected chi connectivity index (χ1v) is 12.0. The smallest absolute Gasteiger partial charge is 0.224 e. The third-order valence-corrected chi connectivity index (χ3v) is 7.45. The molecule has 9 nitrogen and oxygen atoms in total. The molecule has 1 saturated heterocycles. The summed E-state index contributed by atoms with van der Waals surface area (Å²) >= 11 is 0. The summed E-state index contributed by atoms with van der Waals surface area (Å²) in [4.78, 5) is 46.6. The Morgan fingerprint density at radius 3 is 2.65 bits per heavy atom. The van der Waals surface area contributed by atoms with Gasteiger partial charge in [-0.25, -0.2) is 9.97 Å². The Morgan fingerprint density at radius 2 is 1.97 bits per heavy atom. The van der Waals surface area contributed by atoms with Crippen molar-refractivity contribution in [2.75, 3.05) is 31.2 Å². The summed E-state index contributed by atoms with van der Waals surface area (Å²) in [6, 6.07) is 4.17. The number of nitrogens with zero attached hydrogens (tertiary/aromatic N) is 3. The zero-order valence-electron chi connectivity index (χ0n) is 19.4. The van der Waals surface area contributed by atoms with Crippen molar-refractivity contribution >= 4 is 34.6 Å². The number of ether oxygens (including phenoxy) is 2. The monoisotopic (exact) mass is 466 g/mol. The van der Waals surface area contributed by atoms with Crippen molar-refractivity contribution in [3.63, 3.8) is 0 Å². The van der Waals surface area contributed by atoms with Crippen LogP contribution in [-0.2, 0) is 19.1 Å². The van der Waals surface area contributed by atoms with E-state index in [1.165, 1.54) is 6.92 Å². The predicted molar refractivity (Wildman–Crippen MR) is 125 cm³/mol. The van der Waals surface area contributed by atoms with Gasteiger partial charge in [0, 0.05) is 37.1 Å². The van der Waals surface area contributed by atoms with Gasteiger partial charge in [-0.2, -0.15) is 0 Å². The fourth-order valence-electron chi connectivity index (χ4n) is 5.15. The first-order chi connectivity index (χ1) is 16.5. The van der Waals surface area contributed by atoms with Crippen molar-refractivity contribution in [3.8, 4) is 5.75 Å². The molecule has 0 spiro atoms. The lowest BCUT2D eigenvalue weighted by Crippen LogP contribution is -2.41. The highest BCUT2D eigenvalue weighted by Crippen LogP contribution is 2.51. The Labute approximate surface area is 198 Å². The first-order valence-electron chi connectivity index (χ1n) is 12.0. The Bertz CT molecular complexity index is 1090. The number of hydrogen-bond donors (Lipinski definition) is 1. The molecule has 1 amide bonds. The van der Waals surface area contributed by atoms with Crippen molar-refractivity contribution in [2.24, 2.45) is 11.3 Å². The quantitative estimate of drug-likeness (QED) is 0.488. The second-order valence-corrected chi connectivity index (χ2v) is 9.57. The number of anilines is 1. The van der Waals surface area contributed by atoms with Crippen LogP contribution in [0, 0.1) is 11.3 Å². The van der Waals surface area contributed by atoms with Crippen molar-refractivity contribution in [1.82, 2.24) is 15.3 Å². The molecule has 2 unspecified atom stereocenters. The van der Waals surface area contributed by atoms with Crippen LogP contribution in [0.5, 0.6) is 5.75 Å². The second kappa shape index (κ2) is 9.29. The number of fused-ring (bicyclic) bond motifs is 1. The van der Waals surface area contributed by atoms with Crippen LogP contribution in [0.15, 0.2) is 24.7 Å². The van der Waals surface area contributed by atoms with E-state index in [9.17, 15) is 14.4 Å². The third-order valence-electron chi connectivity index (χ3n) is 7.45. The maximum Gasteiger partial charge on any atom is 0.224 e. The van der Waals surface area contributed by atoms with Crippen molar-refractivity contribution in [2.45, 2.75) is 51.2 Å². The van der Waals surface area contributed by atoms with Crippen molar-refractivity contribution in [1.29, 1.82) is 0 Å². The maximum absolute atomic E-state index is 12.6. The molecular weight excluding hydrogens is 436 g/mol. The molecule has 2 aliphatic carbocycles. The van der Waals surface area contributed by atoms with Crippen LogP contribution in [0.1, 0.15) is 39.0 Å². The average molecular weight is 467 g/mol.